The van der Waals surface area contributed by atoms with Crippen molar-refractivity contribution in [1.29, 1.82) is 0 Å². The number of hydrogen-bond acceptors (Lipinski definition) is 3. The van der Waals surface area contributed by atoms with Crippen LogP contribution in [0.5, 0.6) is 11.5 Å². The van der Waals surface area contributed by atoms with E-state index in [1.807, 2.05) is 31.2 Å². The van der Waals surface area contributed by atoms with E-state index in [0.29, 0.717) is 6.04 Å². The van der Waals surface area contributed by atoms with Crippen molar-refractivity contribution in [2.24, 2.45) is 0 Å². The van der Waals surface area contributed by atoms with Crippen LogP contribution in [-0.2, 0) is 0 Å². The molecule has 0 aliphatic heterocycles. The lowest BCUT2D eigenvalue weighted by Crippen LogP contribution is -2.19. The summed E-state index contributed by atoms with van der Waals surface area (Å²) in [5.41, 5.74) is 2.19. The number of hydrogen-bond donors (Lipinski definition) is 1. The molecule has 0 spiro atoms. The van der Waals surface area contributed by atoms with Crippen LogP contribution in [0.4, 0.5) is 0 Å². The molecule has 0 amide bonds. The largest absolute Gasteiger partial charge is 0.455 e. The molecule has 1 aromatic carbocycles. The van der Waals surface area contributed by atoms with Crippen molar-refractivity contribution >= 4 is 0 Å². The van der Waals surface area contributed by atoms with Gasteiger partial charge in [0, 0.05) is 12.2 Å². The zero-order valence-electron chi connectivity index (χ0n) is 12.4. The van der Waals surface area contributed by atoms with Crippen LogP contribution in [0.1, 0.15) is 37.6 Å². The van der Waals surface area contributed by atoms with Crippen LogP contribution in [-0.4, -0.2) is 11.5 Å². The van der Waals surface area contributed by atoms with Crippen LogP contribution in [0, 0.1) is 6.92 Å². The van der Waals surface area contributed by atoms with Gasteiger partial charge >= 0.3 is 0 Å². The zero-order valence-corrected chi connectivity index (χ0v) is 12.4. The molecule has 0 fully saturated rings. The lowest BCUT2D eigenvalue weighted by Gasteiger charge is -2.16. The molecule has 1 atom stereocenters. The Morgan fingerprint density at radius 1 is 1.15 bits per heavy atom. The van der Waals surface area contributed by atoms with Crippen LogP contribution in [0.25, 0.3) is 0 Å². The first kappa shape index (κ1) is 14.5. The van der Waals surface area contributed by atoms with Gasteiger partial charge < -0.3 is 10.1 Å². The number of aryl methyl sites for hydroxylation is 1. The number of pyridine rings is 1. The Kier molecular flexibility index (Phi) is 5.13. The summed E-state index contributed by atoms with van der Waals surface area (Å²) in [6, 6.07) is 12.5. The van der Waals surface area contributed by atoms with Crippen molar-refractivity contribution in [3.63, 3.8) is 0 Å². The van der Waals surface area contributed by atoms with E-state index in [2.05, 4.69) is 36.3 Å². The molecule has 0 radical (unpaired) electrons. The van der Waals surface area contributed by atoms with Crippen molar-refractivity contribution < 1.29 is 4.74 Å². The third-order valence-corrected chi connectivity index (χ3v) is 3.33. The molecule has 1 unspecified atom stereocenters. The first-order valence-corrected chi connectivity index (χ1v) is 7.17. The monoisotopic (exact) mass is 270 g/mol. The van der Waals surface area contributed by atoms with E-state index in [-0.39, 0.29) is 0 Å². The van der Waals surface area contributed by atoms with Crippen molar-refractivity contribution in [2.45, 2.75) is 33.2 Å². The van der Waals surface area contributed by atoms with Crippen LogP contribution in [0.15, 0.2) is 42.6 Å². The average Bonchev–Trinajstić information content (AvgIpc) is 2.48. The maximum atomic E-state index is 5.85. The van der Waals surface area contributed by atoms with Crippen LogP contribution >= 0.6 is 0 Å². The number of nitrogens with one attached hydrogen (secondary N) is 1. The van der Waals surface area contributed by atoms with E-state index < -0.39 is 0 Å². The summed E-state index contributed by atoms with van der Waals surface area (Å²) in [4.78, 5) is 4.22. The highest BCUT2D eigenvalue weighted by atomic mass is 16.5. The van der Waals surface area contributed by atoms with Gasteiger partial charge in [-0.25, -0.2) is 0 Å². The Labute approximate surface area is 121 Å². The van der Waals surface area contributed by atoms with Crippen LogP contribution in [0.3, 0.4) is 0 Å². The quantitative estimate of drug-likeness (QED) is 0.852. The molecule has 0 bridgehead atoms. The summed E-state index contributed by atoms with van der Waals surface area (Å²) in [5.74, 6) is 1.65. The van der Waals surface area contributed by atoms with Crippen molar-refractivity contribution in [2.75, 3.05) is 6.54 Å². The lowest BCUT2D eigenvalue weighted by molar-refractivity contribution is 0.474. The average molecular weight is 270 g/mol. The SMILES string of the molecule is CCNC(CC)c1ccc(Oc2cccnc2C)cc1. The molecule has 1 aromatic heterocycles. The fourth-order valence-corrected chi connectivity index (χ4v) is 2.22. The molecule has 3 nitrogen and oxygen atoms in total. The molecular weight excluding hydrogens is 248 g/mol. The van der Waals surface area contributed by atoms with Gasteiger partial charge in [-0.1, -0.05) is 26.0 Å². The predicted molar refractivity (Wildman–Crippen MR) is 82.2 cm³/mol. The second kappa shape index (κ2) is 7.06. The van der Waals surface area contributed by atoms with Gasteiger partial charge in [0.1, 0.15) is 11.5 Å². The van der Waals surface area contributed by atoms with E-state index in [1.165, 1.54) is 5.56 Å². The number of aromatic nitrogens is 1. The van der Waals surface area contributed by atoms with Crippen molar-refractivity contribution in [1.82, 2.24) is 10.3 Å². The summed E-state index contributed by atoms with van der Waals surface area (Å²) >= 11 is 0. The lowest BCUT2D eigenvalue weighted by atomic mass is 10.0. The topological polar surface area (TPSA) is 34.1 Å². The van der Waals surface area contributed by atoms with Gasteiger partial charge in [-0.05, 0) is 49.7 Å². The summed E-state index contributed by atoms with van der Waals surface area (Å²) in [5, 5.41) is 3.48. The molecule has 2 rings (SSSR count). The summed E-state index contributed by atoms with van der Waals surface area (Å²) in [6.07, 6.45) is 2.85. The number of benzene rings is 1. The summed E-state index contributed by atoms with van der Waals surface area (Å²) in [7, 11) is 0. The number of ether oxygens (including phenoxy) is 1. The highest BCUT2D eigenvalue weighted by molar-refractivity contribution is 5.35. The molecule has 0 aliphatic rings. The fraction of sp³-hybridized carbons (Fsp3) is 0.353. The van der Waals surface area contributed by atoms with Gasteiger partial charge in [-0.15, -0.1) is 0 Å². The van der Waals surface area contributed by atoms with Gasteiger partial charge in [0.15, 0.2) is 0 Å². The Morgan fingerprint density at radius 2 is 1.90 bits per heavy atom. The van der Waals surface area contributed by atoms with E-state index in [4.69, 9.17) is 4.74 Å². The first-order chi connectivity index (χ1) is 9.74. The molecule has 2 aromatic rings. The van der Waals surface area contributed by atoms with Gasteiger partial charge in [0.05, 0.1) is 5.69 Å². The van der Waals surface area contributed by atoms with Crippen molar-refractivity contribution in [3.05, 3.63) is 53.9 Å². The Hall–Kier alpha value is -1.87. The fourth-order valence-electron chi connectivity index (χ4n) is 2.22. The minimum Gasteiger partial charge on any atom is -0.455 e. The standard InChI is InChI=1S/C17H22N2O/c1-4-16(18-5-2)14-8-10-15(11-9-14)20-17-7-6-12-19-13(17)3/h6-12,16,18H,4-5H2,1-3H3. The highest BCUT2D eigenvalue weighted by Gasteiger charge is 2.08. The normalized spacial score (nSPS) is 12.2. The molecule has 106 valence electrons. The summed E-state index contributed by atoms with van der Waals surface area (Å²) < 4.78 is 5.85. The van der Waals surface area contributed by atoms with Gasteiger partial charge in [0.25, 0.3) is 0 Å². The minimum absolute atomic E-state index is 0.411. The number of nitrogens with zero attached hydrogens (tertiary/aromatic N) is 1. The van der Waals surface area contributed by atoms with Crippen LogP contribution in [0.2, 0.25) is 0 Å². The Morgan fingerprint density at radius 3 is 2.50 bits per heavy atom. The van der Waals surface area contributed by atoms with Gasteiger partial charge in [-0.2, -0.15) is 0 Å². The maximum absolute atomic E-state index is 5.85. The second-order valence-corrected chi connectivity index (χ2v) is 4.78. The minimum atomic E-state index is 0.411. The Balaban J connectivity index is 2.10. The first-order valence-electron chi connectivity index (χ1n) is 7.17. The number of rotatable bonds is 6. The van der Waals surface area contributed by atoms with Crippen LogP contribution < -0.4 is 10.1 Å². The third-order valence-electron chi connectivity index (χ3n) is 3.33. The molecule has 3 heteroatoms. The third kappa shape index (κ3) is 3.58. The molecule has 1 heterocycles. The summed E-state index contributed by atoms with van der Waals surface area (Å²) in [6.45, 7) is 7.25. The molecule has 0 saturated heterocycles. The van der Waals surface area contributed by atoms with E-state index in [0.717, 1.165) is 30.2 Å². The molecule has 0 saturated carbocycles. The predicted octanol–water partition coefficient (Wildman–Crippen LogP) is 4.24. The second-order valence-electron chi connectivity index (χ2n) is 4.78. The molecular formula is C17H22N2O. The van der Waals surface area contributed by atoms with Gasteiger partial charge in [0.2, 0.25) is 0 Å². The van der Waals surface area contributed by atoms with E-state index in [1.54, 1.807) is 6.20 Å². The van der Waals surface area contributed by atoms with E-state index in [9.17, 15) is 0 Å². The molecule has 1 N–H and O–H groups in total. The zero-order chi connectivity index (χ0) is 14.4. The highest BCUT2D eigenvalue weighted by Crippen LogP contribution is 2.25. The maximum Gasteiger partial charge on any atom is 0.148 e. The Bertz CT molecular complexity index is 537. The van der Waals surface area contributed by atoms with Gasteiger partial charge in [-0.3, -0.25) is 4.98 Å². The molecule has 0 aliphatic carbocycles. The van der Waals surface area contributed by atoms with Crippen molar-refractivity contribution in [3.8, 4) is 11.5 Å². The van der Waals surface area contributed by atoms with E-state index >= 15 is 0 Å². The smallest absolute Gasteiger partial charge is 0.148 e. The molecule has 20 heavy (non-hydrogen) atoms.